The minimum absolute atomic E-state index is 0.161. The Morgan fingerprint density at radius 1 is 1.50 bits per heavy atom. The number of halogens is 2. The van der Waals surface area contributed by atoms with Crippen LogP contribution in [0.3, 0.4) is 0 Å². The number of anilines is 1. The van der Waals surface area contributed by atoms with Crippen LogP contribution in [-0.4, -0.2) is 24.2 Å². The number of benzene rings is 1. The molecule has 1 fully saturated rings. The molecule has 4 nitrogen and oxygen atoms in total. The van der Waals surface area contributed by atoms with E-state index in [9.17, 15) is 9.18 Å². The predicted molar refractivity (Wildman–Crippen MR) is 76.0 cm³/mol. The zero-order valence-corrected chi connectivity index (χ0v) is 12.4. The van der Waals surface area contributed by atoms with Crippen molar-refractivity contribution in [1.82, 2.24) is 0 Å². The van der Waals surface area contributed by atoms with E-state index in [1.807, 2.05) is 11.0 Å². The minimum atomic E-state index is -0.782. The Bertz CT molecular complexity index is 563. The van der Waals surface area contributed by atoms with E-state index in [0.717, 1.165) is 12.8 Å². The first-order valence-electron chi connectivity index (χ1n) is 6.37. The predicted octanol–water partition coefficient (Wildman–Crippen LogP) is 3.15. The van der Waals surface area contributed by atoms with Crippen LogP contribution in [0.25, 0.3) is 0 Å². The highest BCUT2D eigenvalue weighted by atomic mass is 79.9. The molecule has 0 radical (unpaired) electrons. The molecule has 1 N–H and O–H groups in total. The first-order chi connectivity index (χ1) is 9.52. The van der Waals surface area contributed by atoms with E-state index >= 15 is 0 Å². The fraction of sp³-hybridized carbons (Fsp3) is 0.429. The normalized spacial score (nSPS) is 15.9. The van der Waals surface area contributed by atoms with Gasteiger partial charge in [-0.3, -0.25) is 4.79 Å². The Hall–Kier alpha value is -1.61. The summed E-state index contributed by atoms with van der Waals surface area (Å²) in [5.41, 5.74) is 0.733. The Morgan fingerprint density at radius 2 is 2.15 bits per heavy atom. The summed E-state index contributed by atoms with van der Waals surface area (Å²) in [4.78, 5) is 12.6. The van der Waals surface area contributed by atoms with Gasteiger partial charge in [0.25, 0.3) is 0 Å². The maximum atomic E-state index is 14.2. The SMILES string of the molecule is N#Cc1ccc(N2CCC(CC(=O)O)CC2)c(F)c1Br. The third-order valence-corrected chi connectivity index (χ3v) is 4.38. The van der Waals surface area contributed by atoms with Crippen LogP contribution in [0.1, 0.15) is 24.8 Å². The zero-order valence-electron chi connectivity index (χ0n) is 10.8. The number of hydrogen-bond acceptors (Lipinski definition) is 3. The summed E-state index contributed by atoms with van der Waals surface area (Å²) in [5.74, 6) is -1.05. The van der Waals surface area contributed by atoms with Crippen molar-refractivity contribution in [3.8, 4) is 6.07 Å². The second-order valence-electron chi connectivity index (χ2n) is 4.90. The van der Waals surface area contributed by atoms with Gasteiger partial charge in [-0.1, -0.05) is 0 Å². The van der Waals surface area contributed by atoms with Crippen LogP contribution in [0, 0.1) is 23.1 Å². The van der Waals surface area contributed by atoms with Crippen molar-refractivity contribution in [2.24, 2.45) is 5.92 Å². The molecule has 0 amide bonds. The largest absolute Gasteiger partial charge is 0.481 e. The molecular weight excluding hydrogens is 327 g/mol. The van der Waals surface area contributed by atoms with E-state index in [1.165, 1.54) is 0 Å². The highest BCUT2D eigenvalue weighted by Crippen LogP contribution is 2.32. The maximum absolute atomic E-state index is 14.2. The molecule has 6 heteroatoms. The molecular formula is C14H14BrFN2O2. The number of nitrogens with zero attached hydrogens (tertiary/aromatic N) is 2. The number of piperidine rings is 1. The number of carboxylic acid groups (broad SMARTS) is 1. The standard InChI is InChI=1S/C14H14BrFN2O2/c15-13-10(8-17)1-2-11(14(13)16)18-5-3-9(4-6-18)7-12(19)20/h1-2,9H,3-7H2,(H,19,20). The van der Waals surface area contributed by atoms with Crippen molar-refractivity contribution >= 4 is 27.6 Å². The topological polar surface area (TPSA) is 64.3 Å². The van der Waals surface area contributed by atoms with Crippen molar-refractivity contribution < 1.29 is 14.3 Å². The first-order valence-corrected chi connectivity index (χ1v) is 7.17. The van der Waals surface area contributed by atoms with Crippen LogP contribution < -0.4 is 4.90 Å². The van der Waals surface area contributed by atoms with Gasteiger partial charge in [-0.25, -0.2) is 4.39 Å². The zero-order chi connectivity index (χ0) is 14.7. The van der Waals surface area contributed by atoms with E-state index in [1.54, 1.807) is 12.1 Å². The maximum Gasteiger partial charge on any atom is 0.303 e. The molecule has 0 unspecified atom stereocenters. The Kier molecular flexibility index (Phi) is 4.61. The quantitative estimate of drug-likeness (QED) is 0.917. The van der Waals surface area contributed by atoms with Gasteiger partial charge in [0, 0.05) is 19.5 Å². The number of carbonyl (C=O) groups is 1. The summed E-state index contributed by atoms with van der Waals surface area (Å²) in [6.07, 6.45) is 1.65. The summed E-state index contributed by atoms with van der Waals surface area (Å²) >= 11 is 3.10. The second-order valence-corrected chi connectivity index (χ2v) is 5.69. The fourth-order valence-electron chi connectivity index (χ4n) is 2.49. The van der Waals surface area contributed by atoms with Gasteiger partial charge in [0.15, 0.2) is 5.82 Å². The highest BCUT2D eigenvalue weighted by molar-refractivity contribution is 9.10. The Balaban J connectivity index is 2.10. The summed E-state index contributed by atoms with van der Waals surface area (Å²) in [5, 5.41) is 17.6. The lowest BCUT2D eigenvalue weighted by Crippen LogP contribution is -2.35. The van der Waals surface area contributed by atoms with Crippen molar-refractivity contribution in [2.45, 2.75) is 19.3 Å². The van der Waals surface area contributed by atoms with Gasteiger partial charge in [0.2, 0.25) is 0 Å². The monoisotopic (exact) mass is 340 g/mol. The number of carboxylic acids is 1. The Morgan fingerprint density at radius 3 is 2.70 bits per heavy atom. The van der Waals surface area contributed by atoms with Gasteiger partial charge < -0.3 is 10.0 Å². The van der Waals surface area contributed by atoms with Gasteiger partial charge in [-0.15, -0.1) is 0 Å². The molecule has 1 aliphatic rings. The van der Waals surface area contributed by atoms with Crippen molar-refractivity contribution in [2.75, 3.05) is 18.0 Å². The van der Waals surface area contributed by atoms with Crippen LogP contribution in [0.5, 0.6) is 0 Å². The molecule has 1 saturated heterocycles. The molecule has 1 aromatic carbocycles. The number of nitriles is 1. The van der Waals surface area contributed by atoms with Crippen LogP contribution in [0.2, 0.25) is 0 Å². The van der Waals surface area contributed by atoms with E-state index in [0.29, 0.717) is 18.8 Å². The summed E-state index contributed by atoms with van der Waals surface area (Å²) in [6.45, 7) is 1.26. The molecule has 0 atom stereocenters. The molecule has 0 saturated carbocycles. The molecule has 0 aromatic heterocycles. The lowest BCUT2D eigenvalue weighted by Gasteiger charge is -2.33. The third kappa shape index (κ3) is 3.10. The third-order valence-electron chi connectivity index (χ3n) is 3.60. The van der Waals surface area contributed by atoms with Gasteiger partial charge in [-0.2, -0.15) is 5.26 Å². The summed E-state index contributed by atoms with van der Waals surface area (Å²) in [6, 6.07) is 5.12. The molecule has 0 bridgehead atoms. The van der Waals surface area contributed by atoms with E-state index in [-0.39, 0.29) is 22.4 Å². The first kappa shape index (κ1) is 14.8. The molecule has 0 spiro atoms. The second kappa shape index (κ2) is 6.23. The number of aliphatic carboxylic acids is 1. The molecule has 2 rings (SSSR count). The smallest absolute Gasteiger partial charge is 0.303 e. The Labute approximate surface area is 124 Å². The van der Waals surface area contributed by atoms with Crippen molar-refractivity contribution in [3.63, 3.8) is 0 Å². The lowest BCUT2D eigenvalue weighted by molar-refractivity contribution is -0.138. The minimum Gasteiger partial charge on any atom is -0.481 e. The molecule has 106 valence electrons. The van der Waals surface area contributed by atoms with Gasteiger partial charge >= 0.3 is 5.97 Å². The van der Waals surface area contributed by atoms with Gasteiger partial charge in [0.1, 0.15) is 6.07 Å². The van der Waals surface area contributed by atoms with Crippen LogP contribution >= 0.6 is 15.9 Å². The number of hydrogen-bond donors (Lipinski definition) is 1. The van der Waals surface area contributed by atoms with E-state index in [4.69, 9.17) is 10.4 Å². The van der Waals surface area contributed by atoms with Crippen molar-refractivity contribution in [1.29, 1.82) is 5.26 Å². The molecule has 1 aliphatic heterocycles. The molecule has 0 aliphatic carbocycles. The summed E-state index contributed by atoms with van der Waals surface area (Å²) in [7, 11) is 0. The van der Waals surface area contributed by atoms with Crippen LogP contribution in [0.4, 0.5) is 10.1 Å². The summed E-state index contributed by atoms with van der Waals surface area (Å²) < 4.78 is 14.4. The van der Waals surface area contributed by atoms with E-state index < -0.39 is 11.8 Å². The van der Waals surface area contributed by atoms with Gasteiger partial charge in [-0.05, 0) is 46.8 Å². The lowest BCUT2D eigenvalue weighted by atomic mass is 9.93. The average Bonchev–Trinajstić information content (AvgIpc) is 2.42. The van der Waals surface area contributed by atoms with Crippen LogP contribution in [-0.2, 0) is 4.79 Å². The molecule has 1 aromatic rings. The average molecular weight is 341 g/mol. The number of rotatable bonds is 3. The molecule has 20 heavy (non-hydrogen) atoms. The van der Waals surface area contributed by atoms with Crippen LogP contribution in [0.15, 0.2) is 16.6 Å². The van der Waals surface area contributed by atoms with Crippen molar-refractivity contribution in [3.05, 3.63) is 28.0 Å². The highest BCUT2D eigenvalue weighted by Gasteiger charge is 2.24. The van der Waals surface area contributed by atoms with Gasteiger partial charge in [0.05, 0.1) is 15.7 Å². The van der Waals surface area contributed by atoms with E-state index in [2.05, 4.69) is 15.9 Å². The fourth-order valence-corrected chi connectivity index (χ4v) is 2.92. The molecule has 1 heterocycles.